The van der Waals surface area contributed by atoms with E-state index in [0.29, 0.717) is 17.6 Å². The summed E-state index contributed by atoms with van der Waals surface area (Å²) in [6.45, 7) is 13.7. The van der Waals surface area contributed by atoms with Crippen molar-refractivity contribution in [2.24, 2.45) is 11.8 Å². The van der Waals surface area contributed by atoms with Gasteiger partial charge in [-0.15, -0.1) is 0 Å². The second-order valence-electron chi connectivity index (χ2n) is 9.99. The molecule has 3 aliphatic rings. The smallest absolute Gasteiger partial charge is 0.334 e. The highest BCUT2D eigenvalue weighted by atomic mass is 16.7. The van der Waals surface area contributed by atoms with Gasteiger partial charge in [0.05, 0.1) is 12.0 Å². The van der Waals surface area contributed by atoms with Gasteiger partial charge in [0, 0.05) is 29.6 Å². The molecule has 188 valence electrons. The van der Waals surface area contributed by atoms with E-state index in [1.807, 2.05) is 0 Å². The third kappa shape index (κ3) is 4.69. The maximum Gasteiger partial charge on any atom is 0.334 e. The van der Waals surface area contributed by atoms with Gasteiger partial charge < -0.3 is 29.2 Å². The first-order valence-corrected chi connectivity index (χ1v) is 11.4. The van der Waals surface area contributed by atoms with E-state index in [-0.39, 0.29) is 12.0 Å². The third-order valence-corrected chi connectivity index (χ3v) is 6.86. The molecule has 3 saturated heterocycles. The van der Waals surface area contributed by atoms with E-state index < -0.39 is 65.5 Å². The lowest BCUT2D eigenvalue weighted by atomic mass is 9.75. The largest absolute Gasteiger partial charge is 0.454 e. The molecule has 0 aromatic carbocycles. The fourth-order valence-electron chi connectivity index (χ4n) is 4.94. The zero-order valence-corrected chi connectivity index (χ0v) is 20.5. The standard InChI is InChI=1S/C25H34O9/c1-8-13(4)22(27)33-21-19-18(15(6)23(28)32-19)20(31-17(26)9-12(2)3)25(30)14(5)10-16(34-25)11-24(21,7)29/h8-9,14,16,18-21,29-30H,6,10-11H2,1-5,7H3/b13-8-/t14-,16+,18+,19+,20-,21-,24+,25-/m0/s1. The molecule has 34 heavy (non-hydrogen) atoms. The molecular formula is C25H34O9. The van der Waals surface area contributed by atoms with E-state index in [1.165, 1.54) is 13.0 Å². The van der Waals surface area contributed by atoms with E-state index in [2.05, 4.69) is 6.58 Å². The van der Waals surface area contributed by atoms with Gasteiger partial charge >= 0.3 is 17.9 Å². The molecule has 8 atom stereocenters. The first-order chi connectivity index (χ1) is 15.7. The first-order valence-electron chi connectivity index (χ1n) is 11.4. The highest BCUT2D eigenvalue weighted by molar-refractivity contribution is 5.92. The fourth-order valence-corrected chi connectivity index (χ4v) is 4.94. The van der Waals surface area contributed by atoms with Crippen LogP contribution in [0.25, 0.3) is 0 Å². The van der Waals surface area contributed by atoms with Crippen LogP contribution in [-0.2, 0) is 33.3 Å². The maximum atomic E-state index is 12.7. The summed E-state index contributed by atoms with van der Waals surface area (Å²) in [6, 6.07) is 0. The third-order valence-electron chi connectivity index (χ3n) is 6.86. The average molecular weight is 479 g/mol. The summed E-state index contributed by atoms with van der Waals surface area (Å²) in [5, 5.41) is 23.1. The summed E-state index contributed by atoms with van der Waals surface area (Å²) < 4.78 is 22.9. The number of allylic oxidation sites excluding steroid dienone is 2. The second kappa shape index (κ2) is 9.28. The van der Waals surface area contributed by atoms with Gasteiger partial charge in [-0.2, -0.15) is 0 Å². The molecule has 3 fully saturated rings. The Morgan fingerprint density at radius 1 is 1.18 bits per heavy atom. The molecule has 0 aromatic heterocycles. The molecular weight excluding hydrogens is 444 g/mol. The number of carbonyl (C=O) groups excluding carboxylic acids is 3. The van der Waals surface area contributed by atoms with Crippen molar-refractivity contribution in [3.05, 3.63) is 35.5 Å². The molecule has 2 bridgehead atoms. The summed E-state index contributed by atoms with van der Waals surface area (Å²) in [7, 11) is 0. The average Bonchev–Trinajstić information content (AvgIpc) is 3.17. The van der Waals surface area contributed by atoms with E-state index in [1.54, 1.807) is 40.7 Å². The highest BCUT2D eigenvalue weighted by Crippen LogP contribution is 2.50. The number of aliphatic hydroxyl groups is 2. The lowest BCUT2D eigenvalue weighted by Crippen LogP contribution is -2.58. The van der Waals surface area contributed by atoms with Crippen molar-refractivity contribution in [1.82, 2.24) is 0 Å². The minimum Gasteiger partial charge on any atom is -0.454 e. The Morgan fingerprint density at radius 3 is 2.41 bits per heavy atom. The van der Waals surface area contributed by atoms with Crippen LogP contribution in [0.4, 0.5) is 0 Å². The molecule has 0 unspecified atom stereocenters. The van der Waals surface area contributed by atoms with Gasteiger partial charge in [0.1, 0.15) is 5.60 Å². The molecule has 0 spiro atoms. The summed E-state index contributed by atoms with van der Waals surface area (Å²) in [6.07, 6.45) is -1.51. The second-order valence-corrected chi connectivity index (χ2v) is 9.99. The predicted molar refractivity (Wildman–Crippen MR) is 120 cm³/mol. The van der Waals surface area contributed by atoms with Gasteiger partial charge in [0.15, 0.2) is 18.3 Å². The van der Waals surface area contributed by atoms with Gasteiger partial charge in [0.2, 0.25) is 5.79 Å². The normalized spacial score (nSPS) is 39.8. The Bertz CT molecular complexity index is 942. The molecule has 9 nitrogen and oxygen atoms in total. The van der Waals surface area contributed by atoms with Crippen LogP contribution >= 0.6 is 0 Å². The van der Waals surface area contributed by atoms with Crippen molar-refractivity contribution < 1.29 is 43.5 Å². The Hall–Kier alpha value is -2.49. The van der Waals surface area contributed by atoms with Crippen molar-refractivity contribution in [2.75, 3.05) is 0 Å². The Balaban J connectivity index is 2.16. The zero-order chi connectivity index (χ0) is 25.6. The van der Waals surface area contributed by atoms with Crippen LogP contribution in [0.1, 0.15) is 54.4 Å². The molecule has 0 saturated carbocycles. The predicted octanol–water partition coefficient (Wildman–Crippen LogP) is 2.11. The van der Waals surface area contributed by atoms with Gasteiger partial charge in [0.25, 0.3) is 0 Å². The van der Waals surface area contributed by atoms with Crippen molar-refractivity contribution in [3.63, 3.8) is 0 Å². The minimum atomic E-state index is -1.98. The van der Waals surface area contributed by atoms with Crippen molar-refractivity contribution in [2.45, 2.75) is 90.2 Å². The number of hydrogen-bond donors (Lipinski definition) is 2. The van der Waals surface area contributed by atoms with Crippen LogP contribution in [0, 0.1) is 11.8 Å². The number of carbonyl (C=O) groups is 3. The number of esters is 3. The van der Waals surface area contributed by atoms with Crippen LogP contribution in [0.3, 0.4) is 0 Å². The number of hydrogen-bond acceptors (Lipinski definition) is 9. The van der Waals surface area contributed by atoms with Crippen molar-refractivity contribution >= 4 is 17.9 Å². The zero-order valence-electron chi connectivity index (χ0n) is 20.5. The van der Waals surface area contributed by atoms with Crippen LogP contribution in [0.5, 0.6) is 0 Å². The van der Waals surface area contributed by atoms with Crippen LogP contribution < -0.4 is 0 Å². The Labute approximate surface area is 199 Å². The molecule has 0 aromatic rings. The molecule has 3 aliphatic heterocycles. The molecule has 3 heterocycles. The molecule has 0 aliphatic carbocycles. The van der Waals surface area contributed by atoms with Crippen molar-refractivity contribution in [1.29, 1.82) is 0 Å². The lowest BCUT2D eigenvalue weighted by Gasteiger charge is -2.41. The van der Waals surface area contributed by atoms with E-state index in [9.17, 15) is 24.6 Å². The Kier molecular flexibility index (Phi) is 7.13. The van der Waals surface area contributed by atoms with Crippen LogP contribution in [0.2, 0.25) is 0 Å². The number of fused-ring (bicyclic) bond motifs is 3. The van der Waals surface area contributed by atoms with Crippen LogP contribution in [-0.4, -0.2) is 63.9 Å². The van der Waals surface area contributed by atoms with Gasteiger partial charge in [-0.3, -0.25) is 0 Å². The molecule has 3 rings (SSSR count). The maximum absolute atomic E-state index is 12.7. The molecule has 2 N–H and O–H groups in total. The molecule has 9 heteroatoms. The molecule has 0 radical (unpaired) electrons. The summed E-state index contributed by atoms with van der Waals surface area (Å²) in [4.78, 5) is 38.0. The first kappa shape index (κ1) is 26.1. The molecule has 0 amide bonds. The summed E-state index contributed by atoms with van der Waals surface area (Å²) in [5.74, 6) is -5.87. The lowest BCUT2D eigenvalue weighted by molar-refractivity contribution is -0.276. The van der Waals surface area contributed by atoms with E-state index in [4.69, 9.17) is 18.9 Å². The minimum absolute atomic E-state index is 0.0195. The summed E-state index contributed by atoms with van der Waals surface area (Å²) >= 11 is 0. The van der Waals surface area contributed by atoms with Crippen molar-refractivity contribution in [3.8, 4) is 0 Å². The quantitative estimate of drug-likeness (QED) is 0.355. The van der Waals surface area contributed by atoms with Gasteiger partial charge in [-0.25, -0.2) is 14.4 Å². The van der Waals surface area contributed by atoms with Gasteiger partial charge in [-0.1, -0.05) is 25.2 Å². The Morgan fingerprint density at radius 2 is 1.82 bits per heavy atom. The number of rotatable bonds is 4. The highest BCUT2D eigenvalue weighted by Gasteiger charge is 2.65. The van der Waals surface area contributed by atoms with Gasteiger partial charge in [-0.05, 0) is 41.0 Å². The topological polar surface area (TPSA) is 129 Å². The number of ether oxygens (including phenoxy) is 4. The van der Waals surface area contributed by atoms with E-state index in [0.717, 1.165) is 0 Å². The monoisotopic (exact) mass is 478 g/mol. The summed E-state index contributed by atoms with van der Waals surface area (Å²) in [5.41, 5.74) is -0.809. The SMILES string of the molecule is C=C1C(=O)O[C@@H]2[C@@H]1[C@H](OC(=O)C=C(C)C)[C@@]1(O)O[C@H](C[C@@H]1C)C[C@@](C)(O)[C@H]2OC(=O)/C(C)=C\C. The van der Waals surface area contributed by atoms with E-state index >= 15 is 0 Å². The van der Waals surface area contributed by atoms with Crippen LogP contribution in [0.15, 0.2) is 35.5 Å². The fraction of sp³-hybridized carbons (Fsp3) is 0.640.